The van der Waals surface area contributed by atoms with Crippen LogP contribution in [0.4, 0.5) is 0 Å². The van der Waals surface area contributed by atoms with Gasteiger partial charge in [-0.05, 0) is 31.1 Å². The van der Waals surface area contributed by atoms with Crippen LogP contribution in [-0.2, 0) is 23.0 Å². The van der Waals surface area contributed by atoms with Crippen LogP contribution in [0.2, 0.25) is 0 Å². The molecular formula is C19H29N5O3S. The zero-order valence-electron chi connectivity index (χ0n) is 16.9. The molecule has 1 unspecified atom stereocenters. The van der Waals surface area contributed by atoms with Gasteiger partial charge in [0, 0.05) is 32.6 Å². The topological polar surface area (TPSA) is 93.3 Å². The first-order chi connectivity index (χ1) is 13.2. The van der Waals surface area contributed by atoms with Crippen molar-refractivity contribution >= 4 is 16.1 Å². The van der Waals surface area contributed by atoms with Crippen LogP contribution in [0.25, 0.3) is 6.08 Å². The number of fused-ring (bicyclic) bond motifs is 1. The van der Waals surface area contributed by atoms with E-state index in [9.17, 15) is 8.42 Å². The highest BCUT2D eigenvalue weighted by molar-refractivity contribution is 7.88. The minimum absolute atomic E-state index is 0.0702. The zero-order chi connectivity index (χ0) is 20.3. The summed E-state index contributed by atoms with van der Waals surface area (Å²) in [5.41, 5.74) is 1.23. The summed E-state index contributed by atoms with van der Waals surface area (Å²) >= 11 is 0. The van der Waals surface area contributed by atoms with Gasteiger partial charge < -0.3 is 8.98 Å². The van der Waals surface area contributed by atoms with Gasteiger partial charge in [0.05, 0.1) is 18.6 Å². The second-order valence-corrected chi connectivity index (χ2v) is 9.55. The third-order valence-electron chi connectivity index (χ3n) is 4.84. The van der Waals surface area contributed by atoms with Crippen molar-refractivity contribution in [1.29, 1.82) is 0 Å². The van der Waals surface area contributed by atoms with Crippen LogP contribution < -0.4 is 4.72 Å². The van der Waals surface area contributed by atoms with Gasteiger partial charge in [-0.25, -0.2) is 13.1 Å². The monoisotopic (exact) mass is 407 g/mol. The molecule has 0 saturated carbocycles. The van der Waals surface area contributed by atoms with Gasteiger partial charge in [0.1, 0.15) is 11.6 Å². The van der Waals surface area contributed by atoms with E-state index in [1.54, 1.807) is 6.26 Å². The number of nitrogens with zero attached hydrogens (tertiary/aromatic N) is 4. The molecule has 8 nitrogen and oxygen atoms in total. The molecule has 0 radical (unpaired) electrons. The third kappa shape index (κ3) is 5.30. The molecule has 1 aliphatic heterocycles. The number of aromatic nitrogens is 3. The van der Waals surface area contributed by atoms with Crippen molar-refractivity contribution in [1.82, 2.24) is 24.4 Å². The molecule has 9 heteroatoms. The number of furan rings is 1. The Kier molecular flexibility index (Phi) is 6.36. The van der Waals surface area contributed by atoms with Crippen LogP contribution in [0.15, 0.2) is 28.4 Å². The number of nitrogens with one attached hydrogen (secondary N) is 1. The molecule has 0 bridgehead atoms. The standard InChI is InChI=1S/C19H29N5O3S/c1-14(2)18(22-28(4,25)26)19-21-20-17-7-8-23(9-10-24(17)19)13-15(3)12-16-6-5-11-27-16/h5-6,11-12,14,18,22H,7-10,13H2,1-4H3. The average molecular weight is 408 g/mol. The van der Waals surface area contributed by atoms with Gasteiger partial charge in [-0.1, -0.05) is 19.4 Å². The highest BCUT2D eigenvalue weighted by atomic mass is 32.2. The van der Waals surface area contributed by atoms with E-state index in [1.165, 1.54) is 11.8 Å². The van der Waals surface area contributed by atoms with E-state index in [2.05, 4.69) is 37.4 Å². The predicted octanol–water partition coefficient (Wildman–Crippen LogP) is 2.08. The van der Waals surface area contributed by atoms with E-state index in [0.29, 0.717) is 5.82 Å². The lowest BCUT2D eigenvalue weighted by molar-refractivity contribution is 0.299. The van der Waals surface area contributed by atoms with Crippen molar-refractivity contribution in [3.63, 3.8) is 0 Å². The number of hydrogen-bond donors (Lipinski definition) is 1. The fraction of sp³-hybridized carbons (Fsp3) is 0.579. The molecule has 0 saturated heterocycles. The highest BCUT2D eigenvalue weighted by Crippen LogP contribution is 2.23. The SMILES string of the molecule is CC(=Cc1ccco1)CN1CCc2nnc(C(NS(C)(=O)=O)C(C)C)n2CC1. The van der Waals surface area contributed by atoms with Crippen LogP contribution in [0.1, 0.15) is 44.2 Å². The molecule has 3 heterocycles. The molecule has 0 aliphatic carbocycles. The largest absolute Gasteiger partial charge is 0.465 e. The van der Waals surface area contributed by atoms with Gasteiger partial charge in [0.25, 0.3) is 0 Å². The van der Waals surface area contributed by atoms with Gasteiger partial charge in [-0.3, -0.25) is 4.90 Å². The van der Waals surface area contributed by atoms with Crippen molar-refractivity contribution in [2.45, 2.75) is 39.8 Å². The quantitative estimate of drug-likeness (QED) is 0.755. The maximum absolute atomic E-state index is 11.8. The Morgan fingerprint density at radius 1 is 1.32 bits per heavy atom. The molecule has 1 aliphatic rings. The highest BCUT2D eigenvalue weighted by Gasteiger charge is 2.28. The van der Waals surface area contributed by atoms with Crippen LogP contribution >= 0.6 is 0 Å². The zero-order valence-corrected chi connectivity index (χ0v) is 17.7. The van der Waals surface area contributed by atoms with Crippen LogP contribution in [0, 0.1) is 5.92 Å². The van der Waals surface area contributed by atoms with Crippen molar-refractivity contribution in [2.75, 3.05) is 25.9 Å². The second-order valence-electron chi connectivity index (χ2n) is 7.77. The van der Waals surface area contributed by atoms with Gasteiger partial charge in [0.15, 0.2) is 5.82 Å². The summed E-state index contributed by atoms with van der Waals surface area (Å²) in [6.07, 6.45) is 5.69. The van der Waals surface area contributed by atoms with Gasteiger partial charge in [0.2, 0.25) is 10.0 Å². The van der Waals surface area contributed by atoms with E-state index in [4.69, 9.17) is 4.42 Å². The molecule has 0 spiro atoms. The summed E-state index contributed by atoms with van der Waals surface area (Å²) in [7, 11) is -3.34. The lowest BCUT2D eigenvalue weighted by Crippen LogP contribution is -2.34. The summed E-state index contributed by atoms with van der Waals surface area (Å²) in [4.78, 5) is 2.38. The molecule has 1 atom stereocenters. The lowest BCUT2D eigenvalue weighted by Gasteiger charge is -2.22. The Bertz CT molecular complexity index is 916. The fourth-order valence-electron chi connectivity index (χ4n) is 3.51. The van der Waals surface area contributed by atoms with Crippen LogP contribution in [-0.4, -0.2) is 54.0 Å². The molecule has 2 aromatic heterocycles. The molecule has 0 fully saturated rings. The molecule has 0 amide bonds. The lowest BCUT2D eigenvalue weighted by atomic mass is 10.1. The minimum atomic E-state index is -3.34. The maximum Gasteiger partial charge on any atom is 0.209 e. The first-order valence-electron chi connectivity index (χ1n) is 9.55. The predicted molar refractivity (Wildman–Crippen MR) is 108 cm³/mol. The second kappa shape index (κ2) is 8.59. The molecule has 3 rings (SSSR count). The Morgan fingerprint density at radius 2 is 2.11 bits per heavy atom. The molecular weight excluding hydrogens is 378 g/mol. The minimum Gasteiger partial charge on any atom is -0.465 e. The van der Waals surface area contributed by atoms with E-state index < -0.39 is 10.0 Å². The van der Waals surface area contributed by atoms with E-state index in [1.807, 2.05) is 26.0 Å². The normalized spacial score (nSPS) is 17.5. The smallest absolute Gasteiger partial charge is 0.209 e. The van der Waals surface area contributed by atoms with Crippen molar-refractivity contribution in [3.8, 4) is 0 Å². The van der Waals surface area contributed by atoms with Gasteiger partial charge in [-0.2, -0.15) is 0 Å². The maximum atomic E-state index is 11.8. The first kappa shape index (κ1) is 20.8. The summed E-state index contributed by atoms with van der Waals surface area (Å²) in [6, 6.07) is 3.44. The first-order valence-corrected chi connectivity index (χ1v) is 11.4. The number of rotatable bonds is 7. The average Bonchev–Trinajstić information content (AvgIpc) is 3.19. The Hall–Kier alpha value is -1.97. The molecule has 28 heavy (non-hydrogen) atoms. The van der Waals surface area contributed by atoms with Crippen LogP contribution in [0.3, 0.4) is 0 Å². The molecule has 1 N–H and O–H groups in total. The summed E-state index contributed by atoms with van der Waals surface area (Å²) in [6.45, 7) is 9.39. The van der Waals surface area contributed by atoms with Crippen molar-refractivity contribution in [2.24, 2.45) is 5.92 Å². The Balaban J connectivity index is 1.72. The van der Waals surface area contributed by atoms with Crippen molar-refractivity contribution in [3.05, 3.63) is 41.4 Å². The van der Waals surface area contributed by atoms with E-state index in [0.717, 1.165) is 44.2 Å². The molecule has 0 aromatic carbocycles. The summed E-state index contributed by atoms with van der Waals surface area (Å²) in [5, 5.41) is 8.67. The Labute approximate surface area is 166 Å². The number of hydrogen-bond acceptors (Lipinski definition) is 6. The summed E-state index contributed by atoms with van der Waals surface area (Å²) in [5.74, 6) is 2.53. The third-order valence-corrected chi connectivity index (χ3v) is 5.52. The van der Waals surface area contributed by atoms with E-state index >= 15 is 0 Å². The van der Waals surface area contributed by atoms with Crippen LogP contribution in [0.5, 0.6) is 0 Å². The van der Waals surface area contributed by atoms with E-state index in [-0.39, 0.29) is 12.0 Å². The fourth-order valence-corrected chi connectivity index (χ4v) is 4.35. The summed E-state index contributed by atoms with van der Waals surface area (Å²) < 4.78 is 33.8. The van der Waals surface area contributed by atoms with Gasteiger partial charge >= 0.3 is 0 Å². The molecule has 154 valence electrons. The van der Waals surface area contributed by atoms with Crippen molar-refractivity contribution < 1.29 is 12.8 Å². The number of sulfonamides is 1. The Morgan fingerprint density at radius 3 is 2.75 bits per heavy atom. The molecule has 2 aromatic rings. The van der Waals surface area contributed by atoms with Gasteiger partial charge in [-0.15, -0.1) is 10.2 Å².